The molecule has 2 aromatic heterocycles. The summed E-state index contributed by atoms with van der Waals surface area (Å²) in [5.74, 6) is 0.921. The Morgan fingerprint density at radius 3 is 2.47 bits per heavy atom. The van der Waals surface area contributed by atoms with E-state index in [4.69, 9.17) is 14.2 Å². The van der Waals surface area contributed by atoms with Crippen LogP contribution in [0.4, 0.5) is 10.3 Å². The highest BCUT2D eigenvalue weighted by Crippen LogP contribution is 2.38. The van der Waals surface area contributed by atoms with Crippen molar-refractivity contribution in [3.63, 3.8) is 0 Å². The molecule has 1 aliphatic heterocycles. The van der Waals surface area contributed by atoms with Crippen LogP contribution in [0.25, 0.3) is 5.69 Å². The Bertz CT molecular complexity index is 1220. The highest BCUT2D eigenvalue weighted by Gasteiger charge is 2.31. The van der Waals surface area contributed by atoms with Gasteiger partial charge in [-0.2, -0.15) is 0 Å². The maximum atomic E-state index is 13.2. The monoisotopic (exact) mass is 492 g/mol. The normalized spacial score (nSPS) is 16.9. The molecule has 2 atom stereocenters. The van der Waals surface area contributed by atoms with Crippen molar-refractivity contribution < 1.29 is 27.0 Å². The SMILES string of the molecule is COc1cccc(OC)c1-n1c(NS(=O)(=O)C(C)Cc2ncc(F)cn2)nnc1C1CCOC1. The zero-order valence-electron chi connectivity index (χ0n) is 18.9. The van der Waals surface area contributed by atoms with Crippen molar-refractivity contribution in [1.82, 2.24) is 24.7 Å². The molecule has 0 saturated carbocycles. The molecule has 34 heavy (non-hydrogen) atoms. The minimum Gasteiger partial charge on any atom is -0.494 e. The molecule has 3 heterocycles. The van der Waals surface area contributed by atoms with Crippen LogP contribution in [-0.2, 0) is 21.2 Å². The van der Waals surface area contributed by atoms with Crippen LogP contribution in [0, 0.1) is 5.82 Å². The number of rotatable bonds is 9. The summed E-state index contributed by atoms with van der Waals surface area (Å²) in [6, 6.07) is 5.23. The Labute approximate surface area is 196 Å². The number of hydrogen-bond acceptors (Lipinski definition) is 9. The molecular formula is C21H25FN6O5S. The van der Waals surface area contributed by atoms with Gasteiger partial charge >= 0.3 is 0 Å². The zero-order valence-corrected chi connectivity index (χ0v) is 19.7. The fraction of sp³-hybridized carbons (Fsp3) is 0.429. The first-order chi connectivity index (χ1) is 16.3. The third-order valence-corrected chi connectivity index (χ3v) is 7.21. The van der Waals surface area contributed by atoms with Gasteiger partial charge in [0, 0.05) is 18.9 Å². The van der Waals surface area contributed by atoms with E-state index in [0.29, 0.717) is 42.6 Å². The van der Waals surface area contributed by atoms with Crippen molar-refractivity contribution in [3.05, 3.63) is 48.1 Å². The van der Waals surface area contributed by atoms with E-state index in [1.165, 1.54) is 21.1 Å². The number of sulfonamides is 1. The number of nitrogens with one attached hydrogen (secondary N) is 1. The number of aromatic nitrogens is 5. The second-order valence-electron chi connectivity index (χ2n) is 7.77. The van der Waals surface area contributed by atoms with E-state index < -0.39 is 21.1 Å². The fourth-order valence-electron chi connectivity index (χ4n) is 3.68. The van der Waals surface area contributed by atoms with Gasteiger partial charge in [-0.15, -0.1) is 10.2 Å². The molecule has 0 aliphatic carbocycles. The average Bonchev–Trinajstić information content (AvgIpc) is 3.49. The number of nitrogens with zero attached hydrogens (tertiary/aromatic N) is 5. The van der Waals surface area contributed by atoms with Crippen LogP contribution in [0.1, 0.15) is 30.9 Å². The van der Waals surface area contributed by atoms with Gasteiger partial charge in [0.05, 0.1) is 38.5 Å². The van der Waals surface area contributed by atoms with Gasteiger partial charge in [-0.25, -0.2) is 22.8 Å². The molecule has 0 spiro atoms. The maximum Gasteiger partial charge on any atom is 0.243 e. The van der Waals surface area contributed by atoms with Crippen molar-refractivity contribution >= 4 is 16.0 Å². The molecule has 182 valence electrons. The molecule has 11 nitrogen and oxygen atoms in total. The molecule has 1 aromatic carbocycles. The van der Waals surface area contributed by atoms with E-state index in [0.717, 1.165) is 12.4 Å². The lowest BCUT2D eigenvalue weighted by Crippen LogP contribution is -2.29. The lowest BCUT2D eigenvalue weighted by molar-refractivity contribution is 0.193. The van der Waals surface area contributed by atoms with Gasteiger partial charge in [-0.1, -0.05) is 6.07 Å². The first kappa shape index (κ1) is 23.8. The molecule has 1 fully saturated rings. The predicted molar refractivity (Wildman–Crippen MR) is 120 cm³/mol. The molecular weight excluding hydrogens is 467 g/mol. The molecule has 13 heteroatoms. The largest absolute Gasteiger partial charge is 0.494 e. The third-order valence-electron chi connectivity index (χ3n) is 5.52. The average molecular weight is 493 g/mol. The van der Waals surface area contributed by atoms with Crippen LogP contribution >= 0.6 is 0 Å². The molecule has 1 aliphatic rings. The summed E-state index contributed by atoms with van der Waals surface area (Å²) in [7, 11) is -0.942. The summed E-state index contributed by atoms with van der Waals surface area (Å²) >= 11 is 0. The Kier molecular flexibility index (Phi) is 6.93. The van der Waals surface area contributed by atoms with E-state index in [9.17, 15) is 12.8 Å². The minimum atomic E-state index is -3.96. The summed E-state index contributed by atoms with van der Waals surface area (Å²) in [6.07, 6.45) is 2.68. The van der Waals surface area contributed by atoms with Crippen molar-refractivity contribution in [2.75, 3.05) is 32.2 Å². The van der Waals surface area contributed by atoms with Gasteiger partial charge in [0.15, 0.2) is 5.82 Å². The number of anilines is 1. The summed E-state index contributed by atoms with van der Waals surface area (Å²) in [5, 5.41) is 7.50. The van der Waals surface area contributed by atoms with Gasteiger partial charge in [0.25, 0.3) is 0 Å². The van der Waals surface area contributed by atoms with E-state index in [-0.39, 0.29) is 24.1 Å². The molecule has 3 aromatic rings. The maximum absolute atomic E-state index is 13.2. The Hall–Kier alpha value is -3.32. The molecule has 0 amide bonds. The molecule has 1 N–H and O–H groups in total. The second kappa shape index (κ2) is 9.89. The Morgan fingerprint density at radius 2 is 1.88 bits per heavy atom. The van der Waals surface area contributed by atoms with Gasteiger partial charge in [0.1, 0.15) is 28.8 Å². The molecule has 0 radical (unpaired) electrons. The van der Waals surface area contributed by atoms with Crippen molar-refractivity contribution in [1.29, 1.82) is 0 Å². The number of halogens is 1. The zero-order chi connectivity index (χ0) is 24.3. The highest BCUT2D eigenvalue weighted by atomic mass is 32.2. The lowest BCUT2D eigenvalue weighted by Gasteiger charge is -2.20. The number of ether oxygens (including phenoxy) is 3. The van der Waals surface area contributed by atoms with Crippen LogP contribution in [-0.4, -0.2) is 65.8 Å². The minimum absolute atomic E-state index is 0.0171. The van der Waals surface area contributed by atoms with Crippen LogP contribution in [0.5, 0.6) is 11.5 Å². The van der Waals surface area contributed by atoms with E-state index in [1.807, 2.05) is 0 Å². The molecule has 1 saturated heterocycles. The summed E-state index contributed by atoms with van der Waals surface area (Å²) in [4.78, 5) is 7.69. The standard InChI is InChI=1S/C21H25FN6O5S/c1-13(9-18-23-10-15(22)11-24-18)34(29,30)27-21-26-25-20(14-7-8-33-12-14)28(21)19-16(31-2)5-4-6-17(19)32-3/h4-6,10-11,13-14H,7-9,12H2,1-3H3,(H,26,27). The smallest absolute Gasteiger partial charge is 0.243 e. The number of benzene rings is 1. The van der Waals surface area contributed by atoms with E-state index in [1.54, 1.807) is 22.8 Å². The highest BCUT2D eigenvalue weighted by molar-refractivity contribution is 7.93. The Morgan fingerprint density at radius 1 is 1.21 bits per heavy atom. The van der Waals surface area contributed by atoms with E-state index in [2.05, 4.69) is 24.9 Å². The number of hydrogen-bond donors (Lipinski definition) is 1. The van der Waals surface area contributed by atoms with Crippen LogP contribution in [0.3, 0.4) is 0 Å². The quantitative estimate of drug-likeness (QED) is 0.477. The first-order valence-electron chi connectivity index (χ1n) is 10.6. The third kappa shape index (κ3) is 4.80. The first-order valence-corrected chi connectivity index (χ1v) is 12.1. The van der Waals surface area contributed by atoms with Gasteiger partial charge in [0.2, 0.25) is 16.0 Å². The molecule has 0 bridgehead atoms. The second-order valence-corrected chi connectivity index (χ2v) is 9.87. The van der Waals surface area contributed by atoms with Crippen molar-refractivity contribution in [2.24, 2.45) is 0 Å². The van der Waals surface area contributed by atoms with Gasteiger partial charge in [-0.05, 0) is 25.5 Å². The number of methoxy groups -OCH3 is 2. The van der Waals surface area contributed by atoms with Crippen LogP contribution in [0.15, 0.2) is 30.6 Å². The summed E-state index contributed by atoms with van der Waals surface area (Å²) < 4.78 is 60.2. The lowest BCUT2D eigenvalue weighted by atomic mass is 10.1. The van der Waals surface area contributed by atoms with E-state index >= 15 is 0 Å². The van der Waals surface area contributed by atoms with Gasteiger partial charge in [-0.3, -0.25) is 9.29 Å². The van der Waals surface area contributed by atoms with Crippen molar-refractivity contribution in [2.45, 2.75) is 30.9 Å². The Balaban J connectivity index is 1.73. The van der Waals surface area contributed by atoms with Crippen LogP contribution < -0.4 is 14.2 Å². The topological polar surface area (TPSA) is 130 Å². The molecule has 4 rings (SSSR count). The summed E-state index contributed by atoms with van der Waals surface area (Å²) in [6.45, 7) is 2.50. The fourth-order valence-corrected chi connectivity index (χ4v) is 4.63. The van der Waals surface area contributed by atoms with Gasteiger partial charge < -0.3 is 14.2 Å². The molecule has 2 unspecified atom stereocenters. The predicted octanol–water partition coefficient (Wildman–Crippen LogP) is 2.09. The number of para-hydroxylation sites is 1. The van der Waals surface area contributed by atoms with Crippen LogP contribution in [0.2, 0.25) is 0 Å². The van der Waals surface area contributed by atoms with Crippen molar-refractivity contribution in [3.8, 4) is 17.2 Å². The summed E-state index contributed by atoms with van der Waals surface area (Å²) in [5.41, 5.74) is 0.464.